The number of imidazole rings is 1. The summed E-state index contributed by atoms with van der Waals surface area (Å²) in [4.78, 5) is 14.8. The van der Waals surface area contributed by atoms with E-state index in [2.05, 4.69) is 4.98 Å². The predicted molar refractivity (Wildman–Crippen MR) is 89.5 cm³/mol. The highest BCUT2D eigenvalue weighted by molar-refractivity contribution is 7.90. The zero-order valence-electron chi connectivity index (χ0n) is 13.1. The molecule has 3 rings (SSSR count). The Morgan fingerprint density at radius 3 is 2.58 bits per heavy atom. The average Bonchev–Trinajstić information content (AvgIpc) is 2.94. The van der Waals surface area contributed by atoms with E-state index in [1.807, 2.05) is 6.92 Å². The lowest BCUT2D eigenvalue weighted by atomic mass is 10.2. The Morgan fingerprint density at radius 1 is 1.21 bits per heavy atom. The van der Waals surface area contributed by atoms with Crippen molar-refractivity contribution >= 4 is 26.7 Å². The second-order valence-corrected chi connectivity index (χ2v) is 7.13. The van der Waals surface area contributed by atoms with E-state index in [0.29, 0.717) is 28.8 Å². The van der Waals surface area contributed by atoms with Crippen molar-refractivity contribution in [3.8, 4) is 0 Å². The number of benzene rings is 2. The average molecular weight is 345 g/mol. The van der Waals surface area contributed by atoms with Crippen molar-refractivity contribution in [2.45, 2.75) is 25.2 Å². The van der Waals surface area contributed by atoms with Gasteiger partial charge in [0.2, 0.25) is 0 Å². The van der Waals surface area contributed by atoms with Gasteiger partial charge in [0, 0.05) is 18.1 Å². The minimum Gasteiger partial charge on any atom is -0.258 e. The number of para-hydroxylation sites is 2. The molecule has 0 N–H and O–H groups in total. The van der Waals surface area contributed by atoms with Crippen LogP contribution in [0.25, 0.3) is 11.0 Å². The highest BCUT2D eigenvalue weighted by atomic mass is 32.2. The Balaban J connectivity index is 2.30. The summed E-state index contributed by atoms with van der Waals surface area (Å²) in [5, 5.41) is 11.1. The molecule has 0 aliphatic carbocycles. The van der Waals surface area contributed by atoms with Crippen molar-refractivity contribution in [3.63, 3.8) is 0 Å². The Morgan fingerprint density at radius 2 is 1.92 bits per heavy atom. The number of nitro benzene ring substituents is 1. The van der Waals surface area contributed by atoms with Crippen LogP contribution in [0.1, 0.15) is 18.3 Å². The summed E-state index contributed by atoms with van der Waals surface area (Å²) in [5.74, 6) is 0.388. The number of aryl methyl sites for hydroxylation is 2. The summed E-state index contributed by atoms with van der Waals surface area (Å²) < 4.78 is 27.3. The van der Waals surface area contributed by atoms with Crippen molar-refractivity contribution in [2.75, 3.05) is 0 Å². The van der Waals surface area contributed by atoms with E-state index in [9.17, 15) is 18.5 Å². The predicted octanol–water partition coefficient (Wildman–Crippen LogP) is 3.05. The summed E-state index contributed by atoms with van der Waals surface area (Å²) in [7, 11) is -3.99. The van der Waals surface area contributed by atoms with Gasteiger partial charge in [0.15, 0.2) is 0 Å². The van der Waals surface area contributed by atoms with Gasteiger partial charge < -0.3 is 0 Å². The van der Waals surface area contributed by atoms with Crippen LogP contribution in [-0.2, 0) is 16.4 Å². The molecule has 24 heavy (non-hydrogen) atoms. The Hall–Kier alpha value is -2.74. The summed E-state index contributed by atoms with van der Waals surface area (Å²) in [6.45, 7) is 3.38. The van der Waals surface area contributed by atoms with Gasteiger partial charge in [-0.3, -0.25) is 10.1 Å². The van der Waals surface area contributed by atoms with Gasteiger partial charge in [0.05, 0.1) is 20.9 Å². The molecule has 0 fully saturated rings. The van der Waals surface area contributed by atoms with Crippen molar-refractivity contribution in [1.82, 2.24) is 8.96 Å². The topological polar surface area (TPSA) is 95.1 Å². The van der Waals surface area contributed by atoms with Crippen LogP contribution in [-0.4, -0.2) is 22.3 Å². The maximum absolute atomic E-state index is 13.1. The van der Waals surface area contributed by atoms with Gasteiger partial charge in [-0.15, -0.1) is 0 Å². The van der Waals surface area contributed by atoms with Crippen LogP contribution in [0.15, 0.2) is 47.4 Å². The number of hydrogen-bond acceptors (Lipinski definition) is 5. The minimum atomic E-state index is -3.99. The minimum absolute atomic E-state index is 0.127. The fourth-order valence-electron chi connectivity index (χ4n) is 2.60. The third kappa shape index (κ3) is 2.44. The standard InChI is InChI=1S/C16H15N3O4S/c1-3-16-17-13-6-4-5-7-14(13)18(16)24(22,23)12-9-8-11(2)15(10-12)19(20)21/h4-10H,3H2,1-2H3. The number of nitrogens with zero attached hydrogens (tertiary/aromatic N) is 3. The zero-order valence-corrected chi connectivity index (χ0v) is 13.9. The molecular formula is C16H15N3O4S. The first kappa shape index (κ1) is 16.1. The largest absolute Gasteiger partial charge is 0.273 e. The molecular weight excluding hydrogens is 330 g/mol. The fourth-order valence-corrected chi connectivity index (χ4v) is 4.17. The van der Waals surface area contributed by atoms with Gasteiger partial charge in [0.25, 0.3) is 15.7 Å². The smallest absolute Gasteiger partial charge is 0.258 e. The summed E-state index contributed by atoms with van der Waals surface area (Å²) in [6.07, 6.45) is 0.419. The monoisotopic (exact) mass is 345 g/mol. The van der Waals surface area contributed by atoms with Crippen LogP contribution in [0.2, 0.25) is 0 Å². The van der Waals surface area contributed by atoms with Crippen molar-refractivity contribution in [3.05, 3.63) is 64.0 Å². The molecule has 0 aliphatic rings. The first-order chi connectivity index (χ1) is 11.4. The molecule has 8 heteroatoms. The Bertz CT molecular complexity index is 1050. The Labute approximate surface area is 138 Å². The van der Waals surface area contributed by atoms with E-state index >= 15 is 0 Å². The maximum atomic E-state index is 13.1. The molecule has 3 aromatic rings. The molecule has 7 nitrogen and oxygen atoms in total. The van der Waals surface area contributed by atoms with Gasteiger partial charge in [-0.2, -0.15) is 0 Å². The fraction of sp³-hybridized carbons (Fsp3) is 0.188. The van der Waals surface area contributed by atoms with Crippen LogP contribution < -0.4 is 0 Å². The second kappa shape index (κ2) is 5.72. The lowest BCUT2D eigenvalue weighted by Gasteiger charge is -2.10. The van der Waals surface area contributed by atoms with Crippen molar-refractivity contribution in [2.24, 2.45) is 0 Å². The molecule has 0 saturated heterocycles. The molecule has 0 saturated carbocycles. The molecule has 0 spiro atoms. The van der Waals surface area contributed by atoms with Crippen LogP contribution in [0.4, 0.5) is 5.69 Å². The molecule has 0 amide bonds. The van der Waals surface area contributed by atoms with E-state index in [0.717, 1.165) is 10.0 Å². The third-order valence-corrected chi connectivity index (χ3v) is 5.55. The van der Waals surface area contributed by atoms with E-state index in [-0.39, 0.29) is 10.6 Å². The van der Waals surface area contributed by atoms with E-state index in [4.69, 9.17) is 0 Å². The quantitative estimate of drug-likeness (QED) is 0.535. The van der Waals surface area contributed by atoms with Gasteiger partial charge >= 0.3 is 0 Å². The number of hydrogen-bond donors (Lipinski definition) is 0. The summed E-state index contributed by atoms with van der Waals surface area (Å²) in [5.41, 5.74) is 1.21. The second-order valence-electron chi connectivity index (χ2n) is 5.35. The van der Waals surface area contributed by atoms with Gasteiger partial charge in [-0.1, -0.05) is 25.1 Å². The highest BCUT2D eigenvalue weighted by Gasteiger charge is 2.25. The molecule has 1 heterocycles. The van der Waals surface area contributed by atoms with E-state index < -0.39 is 14.9 Å². The summed E-state index contributed by atoms with van der Waals surface area (Å²) >= 11 is 0. The lowest BCUT2D eigenvalue weighted by molar-refractivity contribution is -0.385. The Kier molecular flexibility index (Phi) is 3.84. The number of rotatable bonds is 4. The number of aromatic nitrogens is 2. The van der Waals surface area contributed by atoms with E-state index in [1.54, 1.807) is 31.2 Å². The first-order valence-corrected chi connectivity index (χ1v) is 8.77. The van der Waals surface area contributed by atoms with Gasteiger partial charge in [0.1, 0.15) is 5.82 Å². The maximum Gasteiger partial charge on any atom is 0.273 e. The first-order valence-electron chi connectivity index (χ1n) is 7.33. The van der Waals surface area contributed by atoms with Gasteiger partial charge in [-0.25, -0.2) is 17.4 Å². The third-order valence-electron chi connectivity index (χ3n) is 3.82. The molecule has 2 aromatic carbocycles. The molecule has 0 radical (unpaired) electrons. The molecule has 1 aromatic heterocycles. The van der Waals surface area contributed by atoms with Crippen molar-refractivity contribution < 1.29 is 13.3 Å². The highest BCUT2D eigenvalue weighted by Crippen LogP contribution is 2.27. The van der Waals surface area contributed by atoms with Crippen LogP contribution >= 0.6 is 0 Å². The van der Waals surface area contributed by atoms with Crippen molar-refractivity contribution in [1.29, 1.82) is 0 Å². The zero-order chi connectivity index (χ0) is 17.5. The summed E-state index contributed by atoms with van der Waals surface area (Å²) in [6, 6.07) is 10.8. The lowest BCUT2D eigenvalue weighted by Crippen LogP contribution is -2.16. The van der Waals surface area contributed by atoms with Gasteiger partial charge in [-0.05, 0) is 25.1 Å². The SMILES string of the molecule is CCc1nc2ccccc2n1S(=O)(=O)c1ccc(C)c([N+](=O)[O-])c1. The van der Waals surface area contributed by atoms with Crippen LogP contribution in [0.5, 0.6) is 0 Å². The van der Waals surface area contributed by atoms with Crippen LogP contribution in [0.3, 0.4) is 0 Å². The number of nitro groups is 1. The van der Waals surface area contributed by atoms with E-state index in [1.165, 1.54) is 12.1 Å². The molecule has 0 bridgehead atoms. The molecule has 124 valence electrons. The molecule has 0 unspecified atom stereocenters. The normalized spacial score (nSPS) is 11.8. The number of fused-ring (bicyclic) bond motifs is 1. The molecule has 0 atom stereocenters. The van der Waals surface area contributed by atoms with Crippen LogP contribution in [0, 0.1) is 17.0 Å². The molecule has 0 aliphatic heterocycles.